The van der Waals surface area contributed by atoms with E-state index in [1.165, 1.54) is 28.7 Å². The van der Waals surface area contributed by atoms with Gasteiger partial charge in [0.1, 0.15) is 5.75 Å². The molecule has 0 aliphatic heterocycles. The van der Waals surface area contributed by atoms with Crippen molar-refractivity contribution in [1.29, 1.82) is 0 Å². The normalized spacial score (nSPS) is 11.1. The van der Waals surface area contributed by atoms with Crippen LogP contribution in [0.25, 0.3) is 28.3 Å². The standard InChI is InChI=1S/C28H24BrN5O2S2/c1-16-4-7-19(8-5-16)22-14-37-27(30-22)31-25(36)15-38-28-33-32-26(21-13-20(29)9-11-24(21)35)34(28)23-10-6-17(2)12-18(23)3/h4-14,35H,15H2,1-3H3,(H,30,31,36). The summed E-state index contributed by atoms with van der Waals surface area (Å²) in [5.74, 6) is 0.504. The highest BCUT2D eigenvalue weighted by molar-refractivity contribution is 9.10. The number of rotatable bonds is 7. The monoisotopic (exact) mass is 605 g/mol. The van der Waals surface area contributed by atoms with E-state index in [1.54, 1.807) is 18.2 Å². The van der Waals surface area contributed by atoms with Gasteiger partial charge in [-0.1, -0.05) is 75.2 Å². The maximum Gasteiger partial charge on any atom is 0.236 e. The highest BCUT2D eigenvalue weighted by Gasteiger charge is 2.21. The molecule has 2 heterocycles. The molecule has 38 heavy (non-hydrogen) atoms. The minimum Gasteiger partial charge on any atom is -0.507 e. The first-order chi connectivity index (χ1) is 18.3. The fraction of sp³-hybridized carbons (Fsp3) is 0.143. The van der Waals surface area contributed by atoms with Gasteiger partial charge in [0.2, 0.25) is 5.91 Å². The lowest BCUT2D eigenvalue weighted by Crippen LogP contribution is -2.14. The number of hydrogen-bond acceptors (Lipinski definition) is 7. The number of anilines is 1. The second kappa shape index (κ2) is 11.1. The molecule has 5 rings (SSSR count). The van der Waals surface area contributed by atoms with Gasteiger partial charge in [-0.2, -0.15) is 0 Å². The number of aromatic hydroxyl groups is 1. The van der Waals surface area contributed by atoms with Crippen LogP contribution in [0.15, 0.2) is 75.7 Å². The Balaban J connectivity index is 1.39. The molecule has 2 aromatic heterocycles. The fourth-order valence-electron chi connectivity index (χ4n) is 3.97. The Hall–Kier alpha value is -3.47. The highest BCUT2D eigenvalue weighted by atomic mass is 79.9. The molecule has 0 saturated carbocycles. The number of amides is 1. The summed E-state index contributed by atoms with van der Waals surface area (Å²) in [6.07, 6.45) is 0. The van der Waals surface area contributed by atoms with Crippen LogP contribution in [0.4, 0.5) is 5.13 Å². The van der Waals surface area contributed by atoms with Crippen molar-refractivity contribution in [3.05, 3.63) is 87.2 Å². The molecule has 0 unspecified atom stereocenters. The van der Waals surface area contributed by atoms with Gasteiger partial charge in [-0.15, -0.1) is 21.5 Å². The van der Waals surface area contributed by atoms with Crippen LogP contribution in [0.2, 0.25) is 0 Å². The van der Waals surface area contributed by atoms with E-state index in [2.05, 4.69) is 42.5 Å². The van der Waals surface area contributed by atoms with Gasteiger partial charge < -0.3 is 10.4 Å². The van der Waals surface area contributed by atoms with E-state index in [0.717, 1.165) is 32.5 Å². The van der Waals surface area contributed by atoms with Gasteiger partial charge in [-0.05, 0) is 50.6 Å². The average molecular weight is 607 g/mol. The van der Waals surface area contributed by atoms with Crippen molar-refractivity contribution < 1.29 is 9.90 Å². The van der Waals surface area contributed by atoms with Crippen molar-refractivity contribution in [3.8, 4) is 34.1 Å². The molecule has 0 aliphatic carbocycles. The molecule has 0 radical (unpaired) electrons. The quantitative estimate of drug-likeness (QED) is 0.191. The first kappa shape index (κ1) is 26.1. The van der Waals surface area contributed by atoms with Crippen LogP contribution in [0, 0.1) is 20.8 Å². The number of nitrogens with zero attached hydrogens (tertiary/aromatic N) is 4. The Morgan fingerprint density at radius 1 is 1.03 bits per heavy atom. The van der Waals surface area contributed by atoms with Crippen molar-refractivity contribution in [2.24, 2.45) is 0 Å². The highest BCUT2D eigenvalue weighted by Crippen LogP contribution is 2.35. The lowest BCUT2D eigenvalue weighted by Gasteiger charge is -2.14. The van der Waals surface area contributed by atoms with E-state index < -0.39 is 0 Å². The van der Waals surface area contributed by atoms with E-state index in [-0.39, 0.29) is 17.4 Å². The number of phenols is 1. The Bertz CT molecular complexity index is 1630. The number of aromatic nitrogens is 4. The van der Waals surface area contributed by atoms with Gasteiger partial charge in [-0.3, -0.25) is 9.36 Å². The van der Waals surface area contributed by atoms with Gasteiger partial charge in [0, 0.05) is 15.4 Å². The van der Waals surface area contributed by atoms with Crippen molar-refractivity contribution in [2.75, 3.05) is 11.1 Å². The number of thiazole rings is 1. The van der Waals surface area contributed by atoms with Crippen LogP contribution < -0.4 is 5.32 Å². The second-order valence-electron chi connectivity index (χ2n) is 8.83. The molecule has 5 aromatic rings. The summed E-state index contributed by atoms with van der Waals surface area (Å²) in [6, 6.07) is 19.4. The van der Waals surface area contributed by atoms with Crippen molar-refractivity contribution in [3.63, 3.8) is 0 Å². The fourth-order valence-corrected chi connectivity index (χ4v) is 5.81. The van der Waals surface area contributed by atoms with Gasteiger partial charge >= 0.3 is 0 Å². The van der Waals surface area contributed by atoms with Gasteiger partial charge in [-0.25, -0.2) is 4.98 Å². The molecular formula is C28H24BrN5O2S2. The summed E-state index contributed by atoms with van der Waals surface area (Å²) in [6.45, 7) is 6.09. The number of halogens is 1. The van der Waals surface area contributed by atoms with Crippen LogP contribution in [0.1, 0.15) is 16.7 Å². The number of benzene rings is 3. The summed E-state index contributed by atoms with van der Waals surface area (Å²) in [5, 5.41) is 25.3. The number of carbonyl (C=O) groups excluding carboxylic acids is 1. The van der Waals surface area contributed by atoms with Crippen molar-refractivity contribution >= 4 is 50.1 Å². The summed E-state index contributed by atoms with van der Waals surface area (Å²) >= 11 is 6.14. The summed E-state index contributed by atoms with van der Waals surface area (Å²) in [4.78, 5) is 17.4. The molecular weight excluding hydrogens is 582 g/mol. The predicted octanol–water partition coefficient (Wildman–Crippen LogP) is 7.18. The zero-order valence-electron chi connectivity index (χ0n) is 20.9. The first-order valence-electron chi connectivity index (χ1n) is 11.8. The Morgan fingerprint density at radius 2 is 1.79 bits per heavy atom. The molecule has 0 saturated heterocycles. The predicted molar refractivity (Wildman–Crippen MR) is 157 cm³/mol. The Labute approximate surface area is 237 Å². The molecule has 3 aromatic carbocycles. The first-order valence-corrected chi connectivity index (χ1v) is 14.4. The molecule has 0 atom stereocenters. The van der Waals surface area contributed by atoms with Crippen LogP contribution in [0.3, 0.4) is 0 Å². The average Bonchev–Trinajstić information content (AvgIpc) is 3.52. The maximum absolute atomic E-state index is 12.8. The molecule has 0 aliphatic rings. The van der Waals surface area contributed by atoms with E-state index in [0.29, 0.717) is 21.7 Å². The third kappa shape index (κ3) is 5.67. The summed E-state index contributed by atoms with van der Waals surface area (Å²) in [5.41, 5.74) is 6.58. The minimum absolute atomic E-state index is 0.0917. The topological polar surface area (TPSA) is 92.9 Å². The smallest absolute Gasteiger partial charge is 0.236 e. The molecule has 0 fully saturated rings. The number of carbonyl (C=O) groups is 1. The maximum atomic E-state index is 12.8. The Kier molecular flexibility index (Phi) is 7.64. The summed E-state index contributed by atoms with van der Waals surface area (Å²) in [7, 11) is 0. The zero-order valence-corrected chi connectivity index (χ0v) is 24.1. The SMILES string of the molecule is Cc1ccc(-c2csc(NC(=O)CSc3nnc(-c4cc(Br)ccc4O)n3-c3ccc(C)cc3C)n2)cc1. The van der Waals surface area contributed by atoms with Crippen molar-refractivity contribution in [2.45, 2.75) is 25.9 Å². The van der Waals surface area contributed by atoms with Gasteiger partial charge in [0.25, 0.3) is 0 Å². The van der Waals surface area contributed by atoms with Gasteiger partial charge in [0.15, 0.2) is 16.1 Å². The third-order valence-electron chi connectivity index (χ3n) is 5.86. The molecule has 0 bridgehead atoms. The largest absolute Gasteiger partial charge is 0.507 e. The second-order valence-corrected chi connectivity index (χ2v) is 11.6. The van der Waals surface area contributed by atoms with Crippen LogP contribution in [0.5, 0.6) is 5.75 Å². The number of aryl methyl sites for hydroxylation is 3. The van der Waals surface area contributed by atoms with E-state index in [4.69, 9.17) is 0 Å². The molecule has 10 heteroatoms. The van der Waals surface area contributed by atoms with E-state index in [9.17, 15) is 9.90 Å². The zero-order chi connectivity index (χ0) is 26.8. The summed E-state index contributed by atoms with van der Waals surface area (Å²) < 4.78 is 2.69. The van der Waals surface area contributed by atoms with Crippen LogP contribution in [-0.2, 0) is 4.79 Å². The molecule has 192 valence electrons. The molecule has 7 nitrogen and oxygen atoms in total. The number of thioether (sulfide) groups is 1. The third-order valence-corrected chi connectivity index (χ3v) is 8.04. The minimum atomic E-state index is -0.193. The number of nitrogens with one attached hydrogen (secondary N) is 1. The lowest BCUT2D eigenvalue weighted by atomic mass is 10.1. The van der Waals surface area contributed by atoms with E-state index in [1.807, 2.05) is 67.1 Å². The number of phenolic OH excluding ortho intramolecular Hbond substituents is 1. The van der Waals surface area contributed by atoms with E-state index >= 15 is 0 Å². The molecule has 2 N–H and O–H groups in total. The molecule has 1 amide bonds. The van der Waals surface area contributed by atoms with Crippen molar-refractivity contribution in [1.82, 2.24) is 19.7 Å². The lowest BCUT2D eigenvalue weighted by molar-refractivity contribution is -0.113. The number of hydrogen-bond donors (Lipinski definition) is 2. The Morgan fingerprint density at radius 3 is 2.55 bits per heavy atom. The van der Waals surface area contributed by atoms with Crippen LogP contribution in [-0.4, -0.2) is 36.5 Å². The van der Waals surface area contributed by atoms with Gasteiger partial charge in [0.05, 0.1) is 22.7 Å². The van der Waals surface area contributed by atoms with Crippen LogP contribution >= 0.6 is 39.0 Å². The molecule has 0 spiro atoms.